The Kier molecular flexibility index (Phi) is 2.45. The third kappa shape index (κ3) is 1.90. The summed E-state index contributed by atoms with van der Waals surface area (Å²) in [6.07, 6.45) is 4.36. The van der Waals surface area contributed by atoms with Crippen molar-refractivity contribution in [2.45, 2.75) is 12.8 Å². The summed E-state index contributed by atoms with van der Waals surface area (Å²) in [4.78, 5) is 15.5. The van der Waals surface area contributed by atoms with Crippen LogP contribution >= 0.6 is 11.3 Å². The molecule has 0 aliphatic heterocycles. The molecule has 4 heteroatoms. The van der Waals surface area contributed by atoms with Gasteiger partial charge in [0.25, 0.3) is 0 Å². The number of aromatic nitrogens is 1. The van der Waals surface area contributed by atoms with E-state index in [1.807, 2.05) is 18.3 Å². The van der Waals surface area contributed by atoms with Gasteiger partial charge >= 0.3 is 5.97 Å². The fourth-order valence-corrected chi connectivity index (χ4v) is 2.32. The first-order valence-corrected chi connectivity index (χ1v) is 5.11. The quantitative estimate of drug-likeness (QED) is 0.840. The average molecular weight is 207 g/mol. The molecule has 1 N–H and O–H groups in total. The van der Waals surface area contributed by atoms with Gasteiger partial charge in [0, 0.05) is 17.3 Å². The molecule has 0 fully saturated rings. The normalized spacial score (nSPS) is 10.6. The van der Waals surface area contributed by atoms with Crippen LogP contribution in [0.25, 0.3) is 10.1 Å². The maximum atomic E-state index is 10.4. The zero-order valence-corrected chi connectivity index (χ0v) is 8.25. The van der Waals surface area contributed by atoms with Crippen molar-refractivity contribution < 1.29 is 9.90 Å². The number of nitrogens with zero attached hydrogens (tertiary/aromatic N) is 1. The third-order valence-electron chi connectivity index (χ3n) is 1.96. The van der Waals surface area contributed by atoms with Gasteiger partial charge in [0.2, 0.25) is 0 Å². The molecule has 0 bridgehead atoms. The molecular weight excluding hydrogens is 198 g/mol. The minimum Gasteiger partial charge on any atom is -0.481 e. The largest absolute Gasteiger partial charge is 0.481 e. The molecule has 0 aliphatic carbocycles. The SMILES string of the molecule is O=C(O)CCc1cc2ccncc2s1. The summed E-state index contributed by atoms with van der Waals surface area (Å²) >= 11 is 1.61. The van der Waals surface area contributed by atoms with E-state index in [-0.39, 0.29) is 6.42 Å². The Balaban J connectivity index is 2.22. The van der Waals surface area contributed by atoms with Crippen molar-refractivity contribution in [1.29, 1.82) is 0 Å². The van der Waals surface area contributed by atoms with Crippen molar-refractivity contribution in [1.82, 2.24) is 4.98 Å². The Bertz CT molecular complexity index is 431. The van der Waals surface area contributed by atoms with Gasteiger partial charge in [-0.2, -0.15) is 0 Å². The van der Waals surface area contributed by atoms with Crippen molar-refractivity contribution in [3.05, 3.63) is 29.4 Å². The summed E-state index contributed by atoms with van der Waals surface area (Å²) in [5.74, 6) is -0.749. The van der Waals surface area contributed by atoms with Crippen LogP contribution in [-0.4, -0.2) is 16.1 Å². The Morgan fingerprint density at radius 2 is 2.43 bits per heavy atom. The van der Waals surface area contributed by atoms with Gasteiger partial charge in [0.1, 0.15) is 0 Å². The monoisotopic (exact) mass is 207 g/mol. The topological polar surface area (TPSA) is 50.2 Å². The van der Waals surface area contributed by atoms with Crippen molar-refractivity contribution in [2.75, 3.05) is 0 Å². The van der Waals surface area contributed by atoms with Crippen LogP contribution in [0.2, 0.25) is 0 Å². The zero-order valence-electron chi connectivity index (χ0n) is 7.43. The lowest BCUT2D eigenvalue weighted by Crippen LogP contribution is -1.95. The summed E-state index contributed by atoms with van der Waals surface area (Å²) in [6, 6.07) is 3.97. The standard InChI is InChI=1S/C10H9NO2S/c12-10(13)2-1-8-5-7-3-4-11-6-9(7)14-8/h3-6H,1-2H2,(H,12,13). The Labute approximate surface area is 85.0 Å². The van der Waals surface area contributed by atoms with Crippen LogP contribution in [0.15, 0.2) is 24.5 Å². The Morgan fingerprint density at radius 1 is 1.57 bits per heavy atom. The second kappa shape index (κ2) is 3.75. The molecule has 2 aromatic heterocycles. The van der Waals surface area contributed by atoms with Crippen molar-refractivity contribution in [3.63, 3.8) is 0 Å². The summed E-state index contributed by atoms with van der Waals surface area (Å²) in [7, 11) is 0. The molecule has 2 rings (SSSR count). The second-order valence-electron chi connectivity index (χ2n) is 3.02. The average Bonchev–Trinajstić information content (AvgIpc) is 2.57. The predicted octanol–water partition coefficient (Wildman–Crippen LogP) is 2.31. The minimum absolute atomic E-state index is 0.195. The maximum absolute atomic E-state index is 10.4. The van der Waals surface area contributed by atoms with Crippen molar-refractivity contribution in [3.8, 4) is 0 Å². The summed E-state index contributed by atoms with van der Waals surface area (Å²) < 4.78 is 1.12. The Morgan fingerprint density at radius 3 is 3.14 bits per heavy atom. The summed E-state index contributed by atoms with van der Waals surface area (Å²) in [5.41, 5.74) is 0. The summed E-state index contributed by atoms with van der Waals surface area (Å²) in [5, 5.41) is 9.69. The minimum atomic E-state index is -0.749. The molecule has 0 aliphatic rings. The number of rotatable bonds is 3. The van der Waals surface area contributed by atoms with Crippen LogP contribution in [0, 0.1) is 0 Å². The second-order valence-corrected chi connectivity index (χ2v) is 4.19. The molecule has 0 spiro atoms. The molecule has 0 amide bonds. The number of pyridine rings is 1. The molecule has 72 valence electrons. The highest BCUT2D eigenvalue weighted by Gasteiger charge is 2.03. The fraction of sp³-hybridized carbons (Fsp3) is 0.200. The first-order chi connectivity index (χ1) is 6.75. The van der Waals surface area contributed by atoms with Gasteiger partial charge in [-0.15, -0.1) is 11.3 Å². The van der Waals surface area contributed by atoms with Gasteiger partial charge in [-0.3, -0.25) is 9.78 Å². The molecule has 14 heavy (non-hydrogen) atoms. The van der Waals surface area contributed by atoms with Crippen LogP contribution in [0.4, 0.5) is 0 Å². The number of hydrogen-bond donors (Lipinski definition) is 1. The number of carboxylic acid groups (broad SMARTS) is 1. The highest BCUT2D eigenvalue weighted by atomic mass is 32.1. The van der Waals surface area contributed by atoms with Crippen LogP contribution in [-0.2, 0) is 11.2 Å². The van der Waals surface area contributed by atoms with Gasteiger partial charge in [-0.05, 0) is 23.9 Å². The van der Waals surface area contributed by atoms with E-state index >= 15 is 0 Å². The van der Waals surface area contributed by atoms with E-state index in [0.717, 1.165) is 15.0 Å². The molecule has 3 nitrogen and oxygen atoms in total. The number of carboxylic acids is 1. The van der Waals surface area contributed by atoms with Crippen molar-refractivity contribution >= 4 is 27.4 Å². The molecule has 2 aromatic rings. The fourth-order valence-electron chi connectivity index (χ4n) is 1.29. The molecule has 0 aromatic carbocycles. The molecular formula is C10H9NO2S. The molecule has 0 atom stereocenters. The van der Waals surface area contributed by atoms with Gasteiger partial charge in [-0.25, -0.2) is 0 Å². The number of aryl methyl sites for hydroxylation is 1. The molecule has 2 heterocycles. The molecule has 0 saturated heterocycles. The number of thiophene rings is 1. The lowest BCUT2D eigenvalue weighted by atomic mass is 10.2. The van der Waals surface area contributed by atoms with E-state index in [9.17, 15) is 4.79 Å². The van der Waals surface area contributed by atoms with E-state index in [2.05, 4.69) is 4.98 Å². The molecule has 0 saturated carbocycles. The van der Waals surface area contributed by atoms with E-state index < -0.39 is 5.97 Å². The van der Waals surface area contributed by atoms with Gasteiger partial charge in [-0.1, -0.05) is 0 Å². The highest BCUT2D eigenvalue weighted by molar-refractivity contribution is 7.19. The first kappa shape index (κ1) is 9.15. The summed E-state index contributed by atoms with van der Waals surface area (Å²) in [6.45, 7) is 0. The third-order valence-corrected chi connectivity index (χ3v) is 3.10. The zero-order chi connectivity index (χ0) is 9.97. The molecule has 0 radical (unpaired) electrons. The van der Waals surface area contributed by atoms with Gasteiger partial charge in [0.05, 0.1) is 11.1 Å². The van der Waals surface area contributed by atoms with Crippen LogP contribution in [0.5, 0.6) is 0 Å². The smallest absolute Gasteiger partial charge is 0.303 e. The number of aliphatic carboxylic acids is 1. The van der Waals surface area contributed by atoms with Crippen LogP contribution < -0.4 is 0 Å². The van der Waals surface area contributed by atoms with Crippen molar-refractivity contribution in [2.24, 2.45) is 0 Å². The Hall–Kier alpha value is -1.42. The van der Waals surface area contributed by atoms with E-state index in [4.69, 9.17) is 5.11 Å². The maximum Gasteiger partial charge on any atom is 0.303 e. The van der Waals surface area contributed by atoms with Gasteiger partial charge in [0.15, 0.2) is 0 Å². The number of carbonyl (C=O) groups is 1. The molecule has 0 unspecified atom stereocenters. The first-order valence-electron chi connectivity index (χ1n) is 4.30. The van der Waals surface area contributed by atoms with E-state index in [1.165, 1.54) is 0 Å². The van der Waals surface area contributed by atoms with Crippen LogP contribution in [0.1, 0.15) is 11.3 Å². The van der Waals surface area contributed by atoms with E-state index in [0.29, 0.717) is 6.42 Å². The lowest BCUT2D eigenvalue weighted by Gasteiger charge is -1.89. The number of hydrogen-bond acceptors (Lipinski definition) is 3. The predicted molar refractivity (Wildman–Crippen MR) is 55.6 cm³/mol. The van der Waals surface area contributed by atoms with Gasteiger partial charge < -0.3 is 5.11 Å². The number of fused-ring (bicyclic) bond motifs is 1. The highest BCUT2D eigenvalue weighted by Crippen LogP contribution is 2.25. The lowest BCUT2D eigenvalue weighted by molar-refractivity contribution is -0.136. The van der Waals surface area contributed by atoms with Crippen LogP contribution in [0.3, 0.4) is 0 Å². The van der Waals surface area contributed by atoms with E-state index in [1.54, 1.807) is 17.5 Å².